The number of rotatable bonds is 8. The predicted molar refractivity (Wildman–Crippen MR) is 176 cm³/mol. The monoisotopic (exact) mass is 662 g/mol. The standard InChI is InChI=1S/C37H47FN4O6/c1-7-46-35(45)33(48-36(4,5)6)29-20(3)40-28-14-27(34(44)39-18-37-15-21-11-22(16-37)31(43)23(12-21)17-37)41-42(28)30(29)25-13-26(38)32-24(19(25)2)9-8-10-47-32/h13-14,21-23,31,33,43H,7-12,15-18H2,1-6H3,(H,39,44)/t21-,22-,23+,31?,33-,37-/m0/s1. The van der Waals surface area contributed by atoms with Gasteiger partial charge in [-0.1, -0.05) is 0 Å². The molecule has 3 aromatic rings. The molecule has 48 heavy (non-hydrogen) atoms. The van der Waals surface area contributed by atoms with E-state index in [1.165, 1.54) is 10.6 Å². The van der Waals surface area contributed by atoms with E-state index in [9.17, 15) is 14.7 Å². The average Bonchev–Trinajstić information content (AvgIpc) is 3.46. The highest BCUT2D eigenvalue weighted by Gasteiger charge is 2.55. The number of aromatic nitrogens is 3. The molecule has 2 aromatic heterocycles. The van der Waals surface area contributed by atoms with E-state index in [1.807, 2.05) is 27.7 Å². The van der Waals surface area contributed by atoms with Crippen LogP contribution in [0, 0.1) is 42.8 Å². The molecule has 4 bridgehead atoms. The van der Waals surface area contributed by atoms with Gasteiger partial charge < -0.3 is 24.6 Å². The van der Waals surface area contributed by atoms with Gasteiger partial charge in [0.1, 0.15) is 0 Å². The highest BCUT2D eigenvalue weighted by molar-refractivity contribution is 5.94. The number of ether oxygens (including phenoxy) is 3. The molecule has 0 saturated heterocycles. The summed E-state index contributed by atoms with van der Waals surface area (Å²) in [5.74, 6) is 0.0552. The lowest BCUT2D eigenvalue weighted by Gasteiger charge is -2.58. The molecular weight excluding hydrogens is 615 g/mol. The largest absolute Gasteiger partial charge is 0.490 e. The summed E-state index contributed by atoms with van der Waals surface area (Å²) >= 11 is 0. The van der Waals surface area contributed by atoms with E-state index in [-0.39, 0.29) is 35.5 Å². The third-order valence-corrected chi connectivity index (χ3v) is 11.0. The fraction of sp³-hybridized carbons (Fsp3) is 0.622. The second-order valence-corrected chi connectivity index (χ2v) is 15.6. The first-order chi connectivity index (χ1) is 22.8. The van der Waals surface area contributed by atoms with Crippen molar-refractivity contribution >= 4 is 17.5 Å². The van der Waals surface area contributed by atoms with Crippen LogP contribution in [0.3, 0.4) is 0 Å². The number of amides is 1. The number of nitrogens with zero attached hydrogens (tertiary/aromatic N) is 3. The zero-order valence-corrected chi connectivity index (χ0v) is 28.8. The number of esters is 1. The van der Waals surface area contributed by atoms with Crippen LogP contribution in [-0.2, 0) is 20.7 Å². The van der Waals surface area contributed by atoms with Crippen LogP contribution in [0.25, 0.3) is 16.9 Å². The normalized spacial score (nSPS) is 26.7. The minimum atomic E-state index is -1.19. The van der Waals surface area contributed by atoms with Crippen molar-refractivity contribution in [2.75, 3.05) is 19.8 Å². The van der Waals surface area contributed by atoms with Gasteiger partial charge >= 0.3 is 5.97 Å². The van der Waals surface area contributed by atoms with Gasteiger partial charge in [-0.25, -0.2) is 18.7 Å². The van der Waals surface area contributed by atoms with Crippen molar-refractivity contribution in [3.63, 3.8) is 0 Å². The van der Waals surface area contributed by atoms with Crippen LogP contribution in [0.1, 0.15) is 105 Å². The van der Waals surface area contributed by atoms with E-state index < -0.39 is 23.5 Å². The van der Waals surface area contributed by atoms with Crippen molar-refractivity contribution in [2.45, 2.75) is 104 Å². The fourth-order valence-corrected chi connectivity index (χ4v) is 9.26. The summed E-state index contributed by atoms with van der Waals surface area (Å²) < 4.78 is 34.9. The number of aliphatic hydroxyl groups excluding tert-OH is 1. The number of benzene rings is 1. The number of fused-ring (bicyclic) bond motifs is 2. The maximum atomic E-state index is 15.8. The second-order valence-electron chi connectivity index (χ2n) is 15.6. The minimum absolute atomic E-state index is 0.00525. The molecule has 8 rings (SSSR count). The number of aliphatic hydroxyl groups is 1. The van der Waals surface area contributed by atoms with Gasteiger partial charge in [-0.3, -0.25) is 4.79 Å². The average molecular weight is 663 g/mol. The lowest BCUT2D eigenvalue weighted by atomic mass is 9.48. The molecule has 4 aliphatic carbocycles. The topological polar surface area (TPSA) is 124 Å². The van der Waals surface area contributed by atoms with Crippen molar-refractivity contribution in [1.82, 2.24) is 19.9 Å². The second kappa shape index (κ2) is 12.1. The molecule has 258 valence electrons. The summed E-state index contributed by atoms with van der Waals surface area (Å²) in [6.45, 7) is 12.1. The molecule has 3 heterocycles. The van der Waals surface area contributed by atoms with E-state index in [0.717, 1.165) is 49.7 Å². The Hall–Kier alpha value is -3.57. The van der Waals surface area contributed by atoms with E-state index in [2.05, 4.69) is 5.32 Å². The lowest BCUT2D eigenvalue weighted by Crippen LogP contribution is -2.56. The van der Waals surface area contributed by atoms with Crippen LogP contribution in [0.2, 0.25) is 0 Å². The minimum Gasteiger partial charge on any atom is -0.490 e. The molecule has 0 radical (unpaired) electrons. The Labute approximate surface area is 280 Å². The zero-order chi connectivity index (χ0) is 34.1. The summed E-state index contributed by atoms with van der Waals surface area (Å²) in [5, 5.41) is 18.7. The first-order valence-corrected chi connectivity index (χ1v) is 17.4. The van der Waals surface area contributed by atoms with Crippen LogP contribution < -0.4 is 10.1 Å². The third kappa shape index (κ3) is 5.76. The van der Waals surface area contributed by atoms with Gasteiger partial charge in [0, 0.05) is 35.0 Å². The van der Waals surface area contributed by atoms with Crippen molar-refractivity contribution < 1.29 is 33.3 Å². The van der Waals surface area contributed by atoms with Gasteiger partial charge in [0.05, 0.1) is 30.6 Å². The van der Waals surface area contributed by atoms with Crippen molar-refractivity contribution in [2.24, 2.45) is 23.2 Å². The Balaban J connectivity index is 1.33. The first kappa shape index (κ1) is 33.0. The summed E-state index contributed by atoms with van der Waals surface area (Å²) in [7, 11) is 0. The Morgan fingerprint density at radius 2 is 1.92 bits per heavy atom. The highest BCUT2D eigenvalue weighted by Crippen LogP contribution is 2.59. The van der Waals surface area contributed by atoms with E-state index in [1.54, 1.807) is 19.9 Å². The van der Waals surface area contributed by atoms with Gasteiger partial charge in [0.15, 0.2) is 29.0 Å². The molecule has 6 atom stereocenters. The molecule has 1 unspecified atom stereocenters. The van der Waals surface area contributed by atoms with Crippen LogP contribution in [0.4, 0.5) is 4.39 Å². The molecule has 1 amide bonds. The lowest BCUT2D eigenvalue weighted by molar-refractivity contribution is -0.166. The van der Waals surface area contributed by atoms with Gasteiger partial charge in [-0.15, -0.1) is 0 Å². The number of carbonyl (C=O) groups excluding carboxylic acids is 2. The third-order valence-electron chi connectivity index (χ3n) is 11.0. The Bertz CT molecular complexity index is 1760. The fourth-order valence-electron chi connectivity index (χ4n) is 9.26. The number of carbonyl (C=O) groups is 2. The molecule has 4 fully saturated rings. The van der Waals surface area contributed by atoms with Gasteiger partial charge in [-0.05, 0) is 121 Å². The molecule has 5 aliphatic rings. The molecule has 10 nitrogen and oxygen atoms in total. The maximum Gasteiger partial charge on any atom is 0.340 e. The van der Waals surface area contributed by atoms with Gasteiger partial charge in [-0.2, -0.15) is 5.10 Å². The highest BCUT2D eigenvalue weighted by atomic mass is 19.1. The number of aryl methyl sites for hydroxylation is 1. The summed E-state index contributed by atoms with van der Waals surface area (Å²) in [6, 6.07) is 3.05. The Kier molecular flexibility index (Phi) is 8.30. The zero-order valence-electron chi connectivity index (χ0n) is 28.8. The number of hydrogen-bond acceptors (Lipinski definition) is 8. The van der Waals surface area contributed by atoms with Crippen LogP contribution in [0.5, 0.6) is 5.75 Å². The first-order valence-electron chi connectivity index (χ1n) is 17.4. The SMILES string of the molecule is CCOC(=O)[C@@H](OC(C)(C)C)c1c(C)nc2cc(C(=O)NC[C@]34C[C@@H]5C[C@H](C3)C(O)[C@@H](C5)C4)nn2c1-c1cc(F)c2c(c1C)CCCO2. The number of hydrogen-bond donors (Lipinski definition) is 2. The molecule has 4 saturated carbocycles. The van der Waals surface area contributed by atoms with E-state index in [0.29, 0.717) is 65.5 Å². The van der Waals surface area contributed by atoms with E-state index in [4.69, 9.17) is 24.3 Å². The van der Waals surface area contributed by atoms with Gasteiger partial charge in [0.25, 0.3) is 5.91 Å². The van der Waals surface area contributed by atoms with Crippen LogP contribution in [-0.4, -0.2) is 63.0 Å². The Morgan fingerprint density at radius 1 is 1.19 bits per heavy atom. The smallest absolute Gasteiger partial charge is 0.340 e. The van der Waals surface area contributed by atoms with Gasteiger partial charge in [0.2, 0.25) is 0 Å². The van der Waals surface area contributed by atoms with Crippen molar-refractivity contribution in [3.8, 4) is 17.0 Å². The molecule has 0 spiro atoms. The van der Waals surface area contributed by atoms with Crippen molar-refractivity contribution in [3.05, 3.63) is 46.0 Å². The summed E-state index contributed by atoms with van der Waals surface area (Å²) in [6.07, 6.45) is 5.06. The van der Waals surface area contributed by atoms with E-state index >= 15 is 4.39 Å². The molecule has 1 aliphatic heterocycles. The molecule has 11 heteroatoms. The molecule has 2 N–H and O–H groups in total. The maximum absolute atomic E-state index is 15.8. The van der Waals surface area contributed by atoms with Crippen molar-refractivity contribution in [1.29, 1.82) is 0 Å². The summed E-state index contributed by atoms with van der Waals surface area (Å²) in [4.78, 5) is 32.2. The van der Waals surface area contributed by atoms with Crippen LogP contribution >= 0.6 is 0 Å². The molecule has 1 aromatic carbocycles. The summed E-state index contributed by atoms with van der Waals surface area (Å²) in [5.41, 5.74) is 3.18. The Morgan fingerprint density at radius 3 is 2.60 bits per heavy atom. The number of nitrogens with one attached hydrogen (secondary N) is 1. The molecular formula is C37H47FN4O6. The predicted octanol–water partition coefficient (Wildman–Crippen LogP) is 5.81. The quantitative estimate of drug-likeness (QED) is 0.290. The number of halogens is 1. The van der Waals surface area contributed by atoms with Crippen LogP contribution in [0.15, 0.2) is 12.1 Å².